The Morgan fingerprint density at radius 2 is 1.74 bits per heavy atom. The van der Waals surface area contributed by atoms with E-state index in [2.05, 4.69) is 4.98 Å². The number of carbonyl (C=O) groups is 2. The van der Waals surface area contributed by atoms with E-state index in [0.29, 0.717) is 11.1 Å². The van der Waals surface area contributed by atoms with E-state index >= 15 is 0 Å². The number of H-pyrrole nitrogens is 1. The topological polar surface area (TPSA) is 85.2 Å². The van der Waals surface area contributed by atoms with Crippen molar-refractivity contribution in [3.8, 4) is 0 Å². The Morgan fingerprint density at radius 3 is 2.48 bits per heavy atom. The highest BCUT2D eigenvalue weighted by atomic mass is 16.5. The molecular formula is C18H16N2O3. The number of nitrogens with two attached hydrogens (primary N) is 1. The van der Waals surface area contributed by atoms with Gasteiger partial charge in [0.05, 0.1) is 18.6 Å². The molecule has 0 fully saturated rings. The van der Waals surface area contributed by atoms with Crippen LogP contribution in [0.25, 0.3) is 10.9 Å². The zero-order valence-corrected chi connectivity index (χ0v) is 12.6. The highest BCUT2D eigenvalue weighted by Crippen LogP contribution is 2.32. The van der Waals surface area contributed by atoms with Gasteiger partial charge >= 0.3 is 5.97 Å². The Hall–Kier alpha value is -3.08. The number of hydrogen-bond acceptors (Lipinski definition) is 3. The van der Waals surface area contributed by atoms with Gasteiger partial charge in [0.25, 0.3) is 0 Å². The minimum atomic E-state index is -0.735. The summed E-state index contributed by atoms with van der Waals surface area (Å²) in [5, 5.41) is 0.899. The van der Waals surface area contributed by atoms with Crippen LogP contribution in [0.4, 0.5) is 0 Å². The average Bonchev–Trinajstić information content (AvgIpc) is 2.98. The molecule has 1 atom stereocenters. The van der Waals surface area contributed by atoms with E-state index in [1.165, 1.54) is 7.11 Å². The van der Waals surface area contributed by atoms with Crippen LogP contribution in [0, 0.1) is 0 Å². The first kappa shape index (κ1) is 14.8. The third kappa shape index (κ3) is 2.57. The number of benzene rings is 2. The van der Waals surface area contributed by atoms with Crippen LogP contribution in [0.3, 0.4) is 0 Å². The van der Waals surface area contributed by atoms with Gasteiger partial charge in [0.15, 0.2) is 0 Å². The number of fused-ring (bicyclic) bond motifs is 1. The number of amides is 1. The fraction of sp³-hybridized carbons (Fsp3) is 0.111. The molecule has 116 valence electrons. The maximum Gasteiger partial charge on any atom is 0.338 e. The molecule has 1 aromatic heterocycles. The van der Waals surface area contributed by atoms with Crippen molar-refractivity contribution < 1.29 is 14.3 Å². The summed E-state index contributed by atoms with van der Waals surface area (Å²) in [5.41, 5.74) is 8.18. The lowest BCUT2D eigenvalue weighted by atomic mass is 9.87. The summed E-state index contributed by atoms with van der Waals surface area (Å²) in [6, 6.07) is 14.5. The zero-order valence-electron chi connectivity index (χ0n) is 12.6. The van der Waals surface area contributed by atoms with Gasteiger partial charge in [-0.3, -0.25) is 4.79 Å². The fourth-order valence-corrected chi connectivity index (χ4v) is 2.85. The lowest BCUT2D eigenvalue weighted by Gasteiger charge is -2.16. The number of nitrogens with one attached hydrogen (secondary N) is 1. The van der Waals surface area contributed by atoms with Gasteiger partial charge in [0, 0.05) is 17.1 Å². The summed E-state index contributed by atoms with van der Waals surface area (Å²) in [5.74, 6) is -1.75. The number of aromatic nitrogens is 1. The third-order valence-corrected chi connectivity index (χ3v) is 3.89. The predicted molar refractivity (Wildman–Crippen MR) is 87.1 cm³/mol. The van der Waals surface area contributed by atoms with Crippen molar-refractivity contribution in [2.45, 2.75) is 5.92 Å². The normalized spacial score (nSPS) is 12.0. The van der Waals surface area contributed by atoms with Gasteiger partial charge in [-0.25, -0.2) is 4.79 Å². The van der Waals surface area contributed by atoms with Crippen LogP contribution in [-0.2, 0) is 9.53 Å². The van der Waals surface area contributed by atoms with Crippen molar-refractivity contribution in [2.24, 2.45) is 5.73 Å². The number of para-hydroxylation sites is 1. The third-order valence-electron chi connectivity index (χ3n) is 3.89. The van der Waals surface area contributed by atoms with E-state index in [1.54, 1.807) is 30.5 Å². The van der Waals surface area contributed by atoms with E-state index in [-0.39, 0.29) is 0 Å². The summed E-state index contributed by atoms with van der Waals surface area (Å²) in [4.78, 5) is 27.3. The highest BCUT2D eigenvalue weighted by molar-refractivity contribution is 5.98. The first-order valence-corrected chi connectivity index (χ1v) is 7.16. The summed E-state index contributed by atoms with van der Waals surface area (Å²) in [6.45, 7) is 0. The minimum Gasteiger partial charge on any atom is -0.465 e. The van der Waals surface area contributed by atoms with Crippen LogP contribution in [0.5, 0.6) is 0 Å². The Balaban J connectivity index is 2.22. The second kappa shape index (κ2) is 5.96. The van der Waals surface area contributed by atoms with Crippen LogP contribution >= 0.6 is 0 Å². The molecule has 0 aliphatic heterocycles. The lowest BCUT2D eigenvalue weighted by molar-refractivity contribution is -0.118. The standard InChI is InChI=1S/C18H16N2O3/c1-23-18(22)13-8-3-2-7-12(13)16(17(19)21)14-10-20-15-9-5-4-6-11(14)15/h2-10,16,20H,1H3,(H2,19,21). The zero-order chi connectivity index (χ0) is 16.4. The Labute approximate surface area is 133 Å². The maximum atomic E-state index is 12.2. The number of ether oxygens (including phenoxy) is 1. The van der Waals surface area contributed by atoms with Gasteiger partial charge in [-0.05, 0) is 23.3 Å². The second-order valence-corrected chi connectivity index (χ2v) is 5.20. The van der Waals surface area contributed by atoms with Crippen LogP contribution in [0.2, 0.25) is 0 Å². The largest absolute Gasteiger partial charge is 0.465 e. The van der Waals surface area contributed by atoms with E-state index in [0.717, 1.165) is 16.5 Å². The van der Waals surface area contributed by atoms with E-state index in [4.69, 9.17) is 10.5 Å². The van der Waals surface area contributed by atoms with Crippen molar-refractivity contribution in [2.75, 3.05) is 7.11 Å². The molecule has 1 heterocycles. The molecule has 1 unspecified atom stereocenters. The average molecular weight is 308 g/mol. The van der Waals surface area contributed by atoms with E-state index in [1.807, 2.05) is 24.3 Å². The van der Waals surface area contributed by atoms with Gasteiger partial charge in [-0.1, -0.05) is 36.4 Å². The number of methoxy groups -OCH3 is 1. The molecule has 5 heteroatoms. The van der Waals surface area contributed by atoms with Gasteiger partial charge in [0.2, 0.25) is 5.91 Å². The molecule has 0 bridgehead atoms. The molecule has 3 rings (SSSR count). The summed E-state index contributed by atoms with van der Waals surface area (Å²) < 4.78 is 4.81. The Kier molecular flexibility index (Phi) is 3.85. The molecule has 0 aliphatic rings. The molecule has 1 amide bonds. The van der Waals surface area contributed by atoms with Crippen molar-refractivity contribution in [3.63, 3.8) is 0 Å². The first-order valence-electron chi connectivity index (χ1n) is 7.16. The number of hydrogen-bond donors (Lipinski definition) is 2. The lowest BCUT2D eigenvalue weighted by Crippen LogP contribution is -2.24. The molecule has 0 radical (unpaired) electrons. The first-order chi connectivity index (χ1) is 11.1. The highest BCUT2D eigenvalue weighted by Gasteiger charge is 2.27. The van der Waals surface area contributed by atoms with Crippen LogP contribution in [-0.4, -0.2) is 24.0 Å². The van der Waals surface area contributed by atoms with Gasteiger partial charge in [-0.2, -0.15) is 0 Å². The van der Waals surface area contributed by atoms with E-state index < -0.39 is 17.8 Å². The Morgan fingerprint density at radius 1 is 1.04 bits per heavy atom. The number of rotatable bonds is 4. The van der Waals surface area contributed by atoms with Crippen LogP contribution < -0.4 is 5.73 Å². The molecule has 0 saturated carbocycles. The second-order valence-electron chi connectivity index (χ2n) is 5.20. The van der Waals surface area contributed by atoms with Crippen molar-refractivity contribution in [1.29, 1.82) is 0 Å². The smallest absolute Gasteiger partial charge is 0.338 e. The molecular weight excluding hydrogens is 292 g/mol. The van der Waals surface area contributed by atoms with E-state index in [9.17, 15) is 9.59 Å². The predicted octanol–water partition coefficient (Wildman–Crippen LogP) is 2.57. The van der Waals surface area contributed by atoms with Gasteiger partial charge in [-0.15, -0.1) is 0 Å². The van der Waals surface area contributed by atoms with Gasteiger partial charge in [0.1, 0.15) is 0 Å². The van der Waals surface area contributed by atoms with Crippen molar-refractivity contribution in [3.05, 3.63) is 71.4 Å². The quantitative estimate of drug-likeness (QED) is 0.726. The van der Waals surface area contributed by atoms with Crippen LogP contribution in [0.15, 0.2) is 54.7 Å². The molecule has 3 N–H and O–H groups in total. The molecule has 0 saturated heterocycles. The molecule has 2 aromatic carbocycles. The number of primary amides is 1. The molecule has 0 spiro atoms. The minimum absolute atomic E-state index is 0.337. The van der Waals surface area contributed by atoms with Crippen LogP contribution in [0.1, 0.15) is 27.4 Å². The molecule has 23 heavy (non-hydrogen) atoms. The number of esters is 1. The summed E-state index contributed by atoms with van der Waals surface area (Å²) in [7, 11) is 1.31. The van der Waals surface area contributed by atoms with Gasteiger partial charge < -0.3 is 15.5 Å². The molecule has 5 nitrogen and oxygen atoms in total. The SMILES string of the molecule is COC(=O)c1ccccc1C(C(N)=O)c1c[nH]c2ccccc12. The summed E-state index contributed by atoms with van der Waals surface area (Å²) in [6.07, 6.45) is 1.76. The maximum absolute atomic E-state index is 12.2. The van der Waals surface area contributed by atoms with Crippen molar-refractivity contribution in [1.82, 2.24) is 4.98 Å². The Bertz CT molecular complexity index is 883. The number of carbonyl (C=O) groups excluding carboxylic acids is 2. The molecule has 3 aromatic rings. The molecule has 0 aliphatic carbocycles. The number of aromatic amines is 1. The summed E-state index contributed by atoms with van der Waals surface area (Å²) >= 11 is 0. The monoisotopic (exact) mass is 308 g/mol. The van der Waals surface area contributed by atoms with Crippen molar-refractivity contribution >= 4 is 22.8 Å². The fourth-order valence-electron chi connectivity index (χ4n) is 2.85.